The van der Waals surface area contributed by atoms with Crippen molar-refractivity contribution in [1.29, 1.82) is 0 Å². The topological polar surface area (TPSA) is 75.1 Å². The Morgan fingerprint density at radius 3 is 2.61 bits per heavy atom. The van der Waals surface area contributed by atoms with Crippen molar-refractivity contribution >= 4 is 34.1 Å². The van der Waals surface area contributed by atoms with Crippen LogP contribution in [0.1, 0.15) is 22.4 Å². The van der Waals surface area contributed by atoms with Gasteiger partial charge in [0.25, 0.3) is 11.3 Å². The molecule has 0 aliphatic carbocycles. The van der Waals surface area contributed by atoms with Crippen molar-refractivity contribution in [2.24, 2.45) is 0 Å². The van der Waals surface area contributed by atoms with E-state index in [-0.39, 0.29) is 5.56 Å². The summed E-state index contributed by atoms with van der Waals surface area (Å²) in [7, 11) is 0. The van der Waals surface area contributed by atoms with Gasteiger partial charge in [-0.3, -0.25) is 9.89 Å². The number of aromatic amines is 1. The van der Waals surface area contributed by atoms with E-state index in [9.17, 15) is 4.79 Å². The molecule has 0 saturated carbocycles. The normalized spacial score (nSPS) is 11.3. The maximum atomic E-state index is 13.1. The lowest BCUT2D eigenvalue weighted by molar-refractivity contribution is 0.857. The fourth-order valence-corrected chi connectivity index (χ4v) is 3.91. The number of H-pyrrole nitrogens is 1. The second kappa shape index (κ2) is 7.89. The lowest BCUT2D eigenvalue weighted by atomic mass is 10.1. The molecule has 154 valence electrons. The minimum atomic E-state index is -0.173. The van der Waals surface area contributed by atoms with Gasteiger partial charge >= 0.3 is 0 Å². The zero-order chi connectivity index (χ0) is 21.4. The number of nitrogens with zero attached hydrogens (tertiary/aromatic N) is 3. The molecule has 0 bridgehead atoms. The Hall–Kier alpha value is -3.64. The first-order valence-electron chi connectivity index (χ1n) is 10.0. The van der Waals surface area contributed by atoms with E-state index in [1.54, 1.807) is 0 Å². The summed E-state index contributed by atoms with van der Waals surface area (Å²) in [5, 5.41) is 9.30. The van der Waals surface area contributed by atoms with Crippen LogP contribution in [0, 0.1) is 6.92 Å². The van der Waals surface area contributed by atoms with Crippen LogP contribution in [-0.2, 0) is 13.0 Å². The first-order chi connectivity index (χ1) is 15.1. The second-order valence-electron chi connectivity index (χ2n) is 7.49. The van der Waals surface area contributed by atoms with Gasteiger partial charge in [0.05, 0.1) is 5.69 Å². The van der Waals surface area contributed by atoms with E-state index in [0.29, 0.717) is 41.0 Å². The molecule has 0 unspecified atom stereocenters. The zero-order valence-corrected chi connectivity index (χ0v) is 17.6. The Morgan fingerprint density at radius 1 is 1.00 bits per heavy atom. The van der Waals surface area contributed by atoms with Crippen LogP contribution in [0.5, 0.6) is 0 Å². The summed E-state index contributed by atoms with van der Waals surface area (Å²) in [5.41, 5.74) is 3.08. The number of halogens is 1. The molecule has 0 atom stereocenters. The van der Waals surface area contributed by atoms with E-state index in [1.165, 1.54) is 15.3 Å². The largest absolute Gasteiger partial charge is 0.351 e. The molecular weight excluding hydrogens is 410 g/mol. The summed E-state index contributed by atoms with van der Waals surface area (Å²) in [6.07, 6.45) is 0.416. The van der Waals surface area contributed by atoms with Gasteiger partial charge in [0.1, 0.15) is 0 Å². The third-order valence-corrected chi connectivity index (χ3v) is 5.76. The molecule has 2 aromatic heterocycles. The highest BCUT2D eigenvalue weighted by atomic mass is 35.5. The lowest BCUT2D eigenvalue weighted by Crippen LogP contribution is -2.22. The van der Waals surface area contributed by atoms with Crippen molar-refractivity contribution in [3.05, 3.63) is 104 Å². The van der Waals surface area contributed by atoms with Crippen molar-refractivity contribution in [2.45, 2.75) is 19.9 Å². The van der Waals surface area contributed by atoms with E-state index in [4.69, 9.17) is 11.6 Å². The molecule has 0 radical (unpaired) electrons. The number of rotatable bonds is 5. The summed E-state index contributed by atoms with van der Waals surface area (Å²) in [6.45, 7) is 2.40. The maximum absolute atomic E-state index is 13.1. The number of hydrogen-bond acceptors (Lipinski definition) is 4. The number of hydrogen-bond donors (Lipinski definition) is 2. The molecule has 0 aliphatic heterocycles. The van der Waals surface area contributed by atoms with Gasteiger partial charge < -0.3 is 5.32 Å². The molecule has 0 amide bonds. The third-order valence-electron chi connectivity index (χ3n) is 5.39. The lowest BCUT2D eigenvalue weighted by Gasteiger charge is -2.06. The van der Waals surface area contributed by atoms with E-state index < -0.39 is 0 Å². The Balaban J connectivity index is 1.42. The standard InChI is InChI=1S/C24H20ClN5O/c1-15-20(13-19-8-4-5-9-21(19)25)22(31)30-24(27-15)28-23(29-30)26-14-16-10-11-17-6-2-3-7-18(17)12-16/h2-12H,13-14H2,1H3,(H2,26,27,28,29). The SMILES string of the molecule is Cc1nc2nc(NCc3ccc4ccccc4c3)[nH]n2c(=O)c1Cc1ccccc1Cl. The first-order valence-corrected chi connectivity index (χ1v) is 10.4. The highest BCUT2D eigenvalue weighted by molar-refractivity contribution is 6.31. The molecule has 6 nitrogen and oxygen atoms in total. The molecule has 0 fully saturated rings. The number of aryl methyl sites for hydroxylation is 1. The van der Waals surface area contributed by atoms with E-state index in [2.05, 4.69) is 50.7 Å². The van der Waals surface area contributed by atoms with E-state index >= 15 is 0 Å². The van der Waals surface area contributed by atoms with Gasteiger partial charge in [0, 0.05) is 23.6 Å². The molecule has 0 saturated heterocycles. The van der Waals surface area contributed by atoms with Crippen LogP contribution >= 0.6 is 11.6 Å². The van der Waals surface area contributed by atoms with Crippen LogP contribution < -0.4 is 10.9 Å². The monoisotopic (exact) mass is 429 g/mol. The van der Waals surface area contributed by atoms with Crippen molar-refractivity contribution in [1.82, 2.24) is 19.6 Å². The molecular formula is C24H20ClN5O. The number of benzene rings is 3. The Morgan fingerprint density at radius 2 is 1.77 bits per heavy atom. The van der Waals surface area contributed by atoms with Crippen LogP contribution in [0.3, 0.4) is 0 Å². The Bertz CT molecular complexity index is 1470. The fraction of sp³-hybridized carbons (Fsp3) is 0.125. The van der Waals surface area contributed by atoms with Crippen LogP contribution in [-0.4, -0.2) is 19.6 Å². The van der Waals surface area contributed by atoms with Crippen LogP contribution in [0.15, 0.2) is 71.5 Å². The van der Waals surface area contributed by atoms with Crippen molar-refractivity contribution in [3.8, 4) is 0 Å². The van der Waals surface area contributed by atoms with Crippen LogP contribution in [0.2, 0.25) is 5.02 Å². The number of anilines is 1. The predicted molar refractivity (Wildman–Crippen MR) is 124 cm³/mol. The molecule has 0 spiro atoms. The zero-order valence-electron chi connectivity index (χ0n) is 16.9. The molecule has 31 heavy (non-hydrogen) atoms. The van der Waals surface area contributed by atoms with Crippen molar-refractivity contribution in [2.75, 3.05) is 5.32 Å². The molecule has 0 aliphatic rings. The molecule has 2 heterocycles. The number of nitrogens with one attached hydrogen (secondary N) is 2. The van der Waals surface area contributed by atoms with Crippen LogP contribution in [0.4, 0.5) is 5.95 Å². The van der Waals surface area contributed by atoms with Gasteiger partial charge in [-0.25, -0.2) is 4.98 Å². The first kappa shape index (κ1) is 19.3. The highest BCUT2D eigenvalue weighted by Crippen LogP contribution is 2.19. The van der Waals surface area contributed by atoms with Gasteiger partial charge in [0.15, 0.2) is 0 Å². The average molecular weight is 430 g/mol. The summed E-state index contributed by atoms with van der Waals surface area (Å²) < 4.78 is 1.38. The van der Waals surface area contributed by atoms with Crippen LogP contribution in [0.25, 0.3) is 16.6 Å². The molecule has 5 aromatic rings. The molecule has 3 aromatic carbocycles. The minimum absolute atomic E-state index is 0.173. The fourth-order valence-electron chi connectivity index (χ4n) is 3.70. The average Bonchev–Trinajstić information content (AvgIpc) is 3.19. The quantitative estimate of drug-likeness (QED) is 0.423. The number of aromatic nitrogens is 4. The van der Waals surface area contributed by atoms with E-state index in [1.807, 2.05) is 43.3 Å². The third kappa shape index (κ3) is 3.78. The van der Waals surface area contributed by atoms with E-state index in [0.717, 1.165) is 11.1 Å². The van der Waals surface area contributed by atoms with Gasteiger partial charge in [-0.05, 0) is 41.0 Å². The van der Waals surface area contributed by atoms with Gasteiger partial charge in [-0.15, -0.1) is 0 Å². The summed E-state index contributed by atoms with van der Waals surface area (Å²) >= 11 is 6.28. The number of fused-ring (bicyclic) bond motifs is 2. The second-order valence-corrected chi connectivity index (χ2v) is 7.90. The van der Waals surface area contributed by atoms with Gasteiger partial charge in [-0.2, -0.15) is 9.50 Å². The maximum Gasteiger partial charge on any atom is 0.277 e. The van der Waals surface area contributed by atoms with Gasteiger partial charge in [0.2, 0.25) is 5.95 Å². The molecule has 5 rings (SSSR count). The highest BCUT2D eigenvalue weighted by Gasteiger charge is 2.15. The van der Waals surface area contributed by atoms with Crippen molar-refractivity contribution in [3.63, 3.8) is 0 Å². The summed E-state index contributed by atoms with van der Waals surface area (Å²) in [5.74, 6) is 0.832. The predicted octanol–water partition coefficient (Wildman–Crippen LogP) is 4.74. The van der Waals surface area contributed by atoms with Gasteiger partial charge in [-0.1, -0.05) is 66.2 Å². The minimum Gasteiger partial charge on any atom is -0.351 e. The summed E-state index contributed by atoms with van der Waals surface area (Å²) in [4.78, 5) is 22.0. The molecule has 2 N–H and O–H groups in total. The molecule has 7 heteroatoms. The summed E-state index contributed by atoms with van der Waals surface area (Å²) in [6, 6.07) is 22.1. The smallest absolute Gasteiger partial charge is 0.277 e. The van der Waals surface area contributed by atoms with Crippen molar-refractivity contribution < 1.29 is 0 Å². The Kier molecular flexibility index (Phi) is 4.92. The Labute approximate surface area is 183 Å².